The van der Waals surface area contributed by atoms with Gasteiger partial charge in [0.25, 0.3) is 5.91 Å². The van der Waals surface area contributed by atoms with E-state index in [4.69, 9.17) is 0 Å². The van der Waals surface area contributed by atoms with Crippen molar-refractivity contribution in [2.45, 2.75) is 41.6 Å². The minimum Gasteiger partial charge on any atom is -0.502 e. The molecule has 2 bridgehead atoms. The molecule has 0 saturated heterocycles. The molecular formula is C27H22F3N3O3S. The molecule has 0 radical (unpaired) electrons. The summed E-state index contributed by atoms with van der Waals surface area (Å²) in [5.74, 6) is -2.84. The summed E-state index contributed by atoms with van der Waals surface area (Å²) >= 11 is 1.40. The van der Waals surface area contributed by atoms with E-state index in [-0.39, 0.29) is 35.6 Å². The summed E-state index contributed by atoms with van der Waals surface area (Å²) in [6, 6.07) is 10.7. The van der Waals surface area contributed by atoms with Crippen LogP contribution in [-0.2, 0) is 5.75 Å². The lowest BCUT2D eigenvalue weighted by Gasteiger charge is -2.67. The Hall–Kier alpha value is -3.40. The highest BCUT2D eigenvalue weighted by Crippen LogP contribution is 2.69. The first-order valence-corrected chi connectivity index (χ1v) is 13.1. The molecule has 0 unspecified atom stereocenters. The largest absolute Gasteiger partial charge is 0.502 e. The van der Waals surface area contributed by atoms with E-state index in [1.807, 2.05) is 24.3 Å². The summed E-state index contributed by atoms with van der Waals surface area (Å²) in [6.45, 7) is 0.335. The minimum absolute atomic E-state index is 0.0529. The molecule has 3 heterocycles. The van der Waals surface area contributed by atoms with Crippen molar-refractivity contribution >= 4 is 17.7 Å². The third-order valence-electron chi connectivity index (χ3n) is 8.15. The number of pyridine rings is 1. The molecule has 5 aliphatic rings. The van der Waals surface area contributed by atoms with Crippen molar-refractivity contribution in [3.63, 3.8) is 0 Å². The molecule has 1 atom stereocenters. The van der Waals surface area contributed by atoms with Crippen molar-refractivity contribution in [3.8, 4) is 5.75 Å². The molecule has 1 aromatic heterocycles. The first-order chi connectivity index (χ1) is 17.7. The van der Waals surface area contributed by atoms with E-state index in [0.717, 1.165) is 16.5 Å². The van der Waals surface area contributed by atoms with Crippen LogP contribution >= 0.6 is 11.8 Å². The maximum absolute atomic E-state index is 15.1. The molecule has 190 valence electrons. The summed E-state index contributed by atoms with van der Waals surface area (Å²) in [4.78, 5) is 28.3. The summed E-state index contributed by atoms with van der Waals surface area (Å²) in [5.41, 5.74) is -0.771. The Morgan fingerprint density at radius 3 is 2.54 bits per heavy atom. The molecular weight excluding hydrogens is 503 g/mol. The number of carbonyl (C=O) groups excluding carboxylic acids is 1. The topological polar surface area (TPSA) is 65.8 Å². The van der Waals surface area contributed by atoms with Crippen LogP contribution in [0.3, 0.4) is 0 Å². The van der Waals surface area contributed by atoms with Crippen LogP contribution in [0.25, 0.3) is 0 Å². The van der Waals surface area contributed by atoms with Crippen molar-refractivity contribution < 1.29 is 23.1 Å². The van der Waals surface area contributed by atoms with Crippen LogP contribution in [0.4, 0.5) is 13.2 Å². The fraction of sp³-hybridized carbons (Fsp3) is 0.333. The summed E-state index contributed by atoms with van der Waals surface area (Å²) < 4.78 is 45.1. The third-order valence-corrected chi connectivity index (χ3v) is 9.26. The van der Waals surface area contributed by atoms with Gasteiger partial charge in [-0.05, 0) is 47.9 Å². The van der Waals surface area contributed by atoms with Gasteiger partial charge in [0.2, 0.25) is 5.43 Å². The number of benzene rings is 2. The molecule has 2 aromatic carbocycles. The molecule has 3 saturated carbocycles. The number of hydrogen-bond donors (Lipinski definition) is 1. The van der Waals surface area contributed by atoms with Gasteiger partial charge in [0.05, 0.1) is 6.04 Å². The van der Waals surface area contributed by atoms with Crippen LogP contribution in [0.2, 0.25) is 0 Å². The van der Waals surface area contributed by atoms with Crippen LogP contribution < -0.4 is 10.4 Å². The number of amides is 1. The van der Waals surface area contributed by atoms with Gasteiger partial charge in [-0.3, -0.25) is 19.3 Å². The average molecular weight is 526 g/mol. The standard InChI is InChI=1S/C27H22F3N3O3S/c28-18-6-5-15-17(21(18)29)9-37-20-4-2-1-3-16(20)22(15)33-14-31(13-26-10-27(30,11-26)12-26)25(36)23-24(35)19(34)7-8-32(23)33/h1-8,22,35H,9-14H2/t22-,26?,27?/m0/s1. The first-order valence-electron chi connectivity index (χ1n) is 12.1. The Morgan fingerprint density at radius 1 is 1.03 bits per heavy atom. The molecule has 3 aliphatic carbocycles. The molecule has 2 aliphatic heterocycles. The highest BCUT2D eigenvalue weighted by molar-refractivity contribution is 7.98. The van der Waals surface area contributed by atoms with Gasteiger partial charge in [-0.1, -0.05) is 24.3 Å². The second kappa shape index (κ2) is 7.56. The van der Waals surface area contributed by atoms with Crippen LogP contribution in [0.5, 0.6) is 5.75 Å². The predicted octanol–water partition coefficient (Wildman–Crippen LogP) is 4.47. The third kappa shape index (κ3) is 3.20. The smallest absolute Gasteiger partial charge is 0.277 e. The number of fused-ring (bicyclic) bond motifs is 3. The number of halogens is 3. The van der Waals surface area contributed by atoms with Crippen molar-refractivity contribution in [2.75, 3.05) is 18.2 Å². The van der Waals surface area contributed by atoms with E-state index < -0.39 is 40.4 Å². The Bertz CT molecular complexity index is 1540. The zero-order valence-electron chi connectivity index (χ0n) is 19.6. The van der Waals surface area contributed by atoms with Gasteiger partial charge in [-0.25, -0.2) is 13.2 Å². The van der Waals surface area contributed by atoms with Crippen LogP contribution in [0, 0.1) is 17.0 Å². The van der Waals surface area contributed by atoms with E-state index in [2.05, 4.69) is 0 Å². The van der Waals surface area contributed by atoms with Gasteiger partial charge < -0.3 is 10.0 Å². The first kappa shape index (κ1) is 22.8. The molecule has 37 heavy (non-hydrogen) atoms. The Labute approximate surface area is 214 Å². The Morgan fingerprint density at radius 2 is 1.78 bits per heavy atom. The predicted molar refractivity (Wildman–Crippen MR) is 131 cm³/mol. The zero-order chi connectivity index (χ0) is 25.7. The highest BCUT2D eigenvalue weighted by atomic mass is 32.2. The van der Waals surface area contributed by atoms with E-state index in [0.29, 0.717) is 24.8 Å². The van der Waals surface area contributed by atoms with Crippen LogP contribution in [-0.4, -0.2) is 39.5 Å². The quantitative estimate of drug-likeness (QED) is 0.547. The molecule has 8 rings (SSSR count). The number of aromatic nitrogens is 1. The van der Waals surface area contributed by atoms with Crippen molar-refractivity contribution in [1.29, 1.82) is 0 Å². The van der Waals surface area contributed by atoms with Gasteiger partial charge in [0.1, 0.15) is 12.3 Å². The van der Waals surface area contributed by atoms with E-state index in [9.17, 15) is 23.5 Å². The normalized spacial score (nSPS) is 27.4. The second-order valence-corrected chi connectivity index (χ2v) is 11.7. The lowest BCUT2D eigenvalue weighted by molar-refractivity contribution is -0.218. The van der Waals surface area contributed by atoms with Gasteiger partial charge in [0.15, 0.2) is 23.1 Å². The molecule has 3 aromatic rings. The van der Waals surface area contributed by atoms with Crippen molar-refractivity contribution in [3.05, 3.63) is 92.9 Å². The van der Waals surface area contributed by atoms with Crippen LogP contribution in [0.1, 0.15) is 52.5 Å². The van der Waals surface area contributed by atoms with Gasteiger partial charge in [-0.15, -0.1) is 11.8 Å². The molecule has 3 fully saturated rings. The minimum atomic E-state index is -1.15. The number of nitrogens with zero attached hydrogens (tertiary/aromatic N) is 3. The summed E-state index contributed by atoms with van der Waals surface area (Å²) in [7, 11) is 0. The van der Waals surface area contributed by atoms with E-state index in [1.54, 1.807) is 11.1 Å². The van der Waals surface area contributed by atoms with E-state index >= 15 is 4.39 Å². The number of thioether (sulfide) groups is 1. The fourth-order valence-electron chi connectivity index (χ4n) is 6.64. The number of alkyl halides is 1. The Kier molecular flexibility index (Phi) is 4.66. The monoisotopic (exact) mass is 525 g/mol. The molecule has 10 heteroatoms. The number of hydrogen-bond acceptors (Lipinski definition) is 5. The zero-order valence-corrected chi connectivity index (χ0v) is 20.4. The maximum Gasteiger partial charge on any atom is 0.277 e. The lowest BCUT2D eigenvalue weighted by Crippen LogP contribution is -2.69. The molecule has 0 spiro atoms. The van der Waals surface area contributed by atoms with Gasteiger partial charge in [0, 0.05) is 35.0 Å². The van der Waals surface area contributed by atoms with Crippen LogP contribution in [0.15, 0.2) is 58.4 Å². The number of rotatable bonds is 3. The van der Waals surface area contributed by atoms with Gasteiger partial charge in [-0.2, -0.15) is 0 Å². The summed E-state index contributed by atoms with van der Waals surface area (Å²) in [5, 5.41) is 12.5. The maximum atomic E-state index is 15.1. The average Bonchev–Trinajstić information content (AvgIpc) is 3.00. The number of aromatic hydroxyl groups is 1. The molecule has 1 amide bonds. The fourth-order valence-corrected chi connectivity index (χ4v) is 7.75. The molecule has 6 nitrogen and oxygen atoms in total. The SMILES string of the molecule is O=C1c2c(O)c(=O)ccn2N([C@@H]2c3ccccc3SCc3c2ccc(F)c3F)CN1CC12CC(F)(C1)C2. The number of carbonyl (C=O) groups is 1. The second-order valence-electron chi connectivity index (χ2n) is 10.6. The Balaban J connectivity index is 1.42. The van der Waals surface area contributed by atoms with E-state index in [1.165, 1.54) is 33.6 Å². The highest BCUT2D eigenvalue weighted by Gasteiger charge is 2.69. The lowest BCUT2D eigenvalue weighted by atomic mass is 9.42. The summed E-state index contributed by atoms with van der Waals surface area (Å²) in [6.07, 6.45) is 2.57. The van der Waals surface area contributed by atoms with Crippen molar-refractivity contribution in [1.82, 2.24) is 9.58 Å². The van der Waals surface area contributed by atoms with Crippen molar-refractivity contribution in [2.24, 2.45) is 5.41 Å². The molecule has 1 N–H and O–H groups in total. The van der Waals surface area contributed by atoms with Gasteiger partial charge >= 0.3 is 0 Å².